The van der Waals surface area contributed by atoms with Gasteiger partial charge in [-0.3, -0.25) is 4.79 Å². The quantitative estimate of drug-likeness (QED) is 0.636. The molecule has 0 spiro atoms. The first kappa shape index (κ1) is 19.7. The monoisotopic (exact) mass is 428 g/mol. The molecule has 1 aromatic carbocycles. The molecule has 0 bridgehead atoms. The van der Waals surface area contributed by atoms with Gasteiger partial charge in [-0.25, -0.2) is 0 Å². The number of halogens is 1. The predicted octanol–water partition coefficient (Wildman–Crippen LogP) is 4.72. The lowest BCUT2D eigenvalue weighted by molar-refractivity contribution is -0.120. The molecule has 29 heavy (non-hydrogen) atoms. The Bertz CT molecular complexity index is 979. The number of benzene rings is 1. The average molecular weight is 429 g/mol. The van der Waals surface area contributed by atoms with Gasteiger partial charge in [0.05, 0.1) is 22.9 Å². The average Bonchev–Trinajstić information content (AvgIpc) is 3.29. The number of hydrogen-bond donors (Lipinski definition) is 1. The van der Waals surface area contributed by atoms with E-state index in [1.54, 1.807) is 36.6 Å². The van der Waals surface area contributed by atoms with Crippen molar-refractivity contribution in [1.82, 2.24) is 10.2 Å². The summed E-state index contributed by atoms with van der Waals surface area (Å²) >= 11 is 7.79. The highest BCUT2D eigenvalue weighted by atomic mass is 35.5. The molecule has 0 radical (unpaired) electrons. The Labute approximate surface area is 178 Å². The van der Waals surface area contributed by atoms with Gasteiger partial charge in [0.15, 0.2) is 5.82 Å². The zero-order chi connectivity index (χ0) is 20.2. The van der Waals surface area contributed by atoms with Crippen LogP contribution in [0.2, 0.25) is 5.02 Å². The van der Waals surface area contributed by atoms with Crippen LogP contribution in [0.4, 0.5) is 11.5 Å². The number of nitrogens with zero attached hydrogens (tertiary/aromatic N) is 3. The third kappa shape index (κ3) is 4.52. The fourth-order valence-electron chi connectivity index (χ4n) is 3.44. The standard InChI is InChI=1S/C21H21ClN4O2S/c1-28-18-8-6-15(12-16(18)22)23-21(27)14-4-2-10-26(13-14)20-9-7-17(24-25-20)19-5-3-11-29-19/h3,5-9,11-12,14H,2,4,10,13H2,1H3,(H,23,27). The van der Waals surface area contributed by atoms with E-state index in [-0.39, 0.29) is 11.8 Å². The Morgan fingerprint density at radius 1 is 1.28 bits per heavy atom. The van der Waals surface area contributed by atoms with Crippen LogP contribution in [-0.4, -0.2) is 36.3 Å². The summed E-state index contributed by atoms with van der Waals surface area (Å²) in [5, 5.41) is 14.2. The summed E-state index contributed by atoms with van der Waals surface area (Å²) < 4.78 is 5.15. The molecule has 1 saturated heterocycles. The summed E-state index contributed by atoms with van der Waals surface area (Å²) in [4.78, 5) is 16.0. The number of carbonyl (C=O) groups excluding carboxylic acids is 1. The molecule has 1 unspecified atom stereocenters. The maximum Gasteiger partial charge on any atom is 0.229 e. The lowest BCUT2D eigenvalue weighted by Crippen LogP contribution is -2.41. The van der Waals surface area contributed by atoms with Crippen LogP contribution in [0.3, 0.4) is 0 Å². The fourth-order valence-corrected chi connectivity index (χ4v) is 4.39. The number of piperidine rings is 1. The van der Waals surface area contributed by atoms with Crippen molar-refractivity contribution in [3.05, 3.63) is 52.9 Å². The van der Waals surface area contributed by atoms with Crippen molar-refractivity contribution in [2.45, 2.75) is 12.8 Å². The number of amides is 1. The number of anilines is 2. The summed E-state index contributed by atoms with van der Waals surface area (Å²) in [6.07, 6.45) is 1.77. The van der Waals surface area contributed by atoms with Gasteiger partial charge in [-0.2, -0.15) is 0 Å². The summed E-state index contributed by atoms with van der Waals surface area (Å²) in [7, 11) is 1.56. The van der Waals surface area contributed by atoms with Gasteiger partial charge in [-0.1, -0.05) is 17.7 Å². The molecule has 6 nitrogen and oxygen atoms in total. The Balaban J connectivity index is 1.41. The number of methoxy groups -OCH3 is 1. The van der Waals surface area contributed by atoms with Crippen molar-refractivity contribution in [1.29, 1.82) is 0 Å². The highest BCUT2D eigenvalue weighted by Gasteiger charge is 2.27. The molecule has 8 heteroatoms. The highest BCUT2D eigenvalue weighted by Crippen LogP contribution is 2.29. The van der Waals surface area contributed by atoms with E-state index in [4.69, 9.17) is 16.3 Å². The van der Waals surface area contributed by atoms with Crippen molar-refractivity contribution in [2.75, 3.05) is 30.4 Å². The third-order valence-electron chi connectivity index (χ3n) is 4.96. The summed E-state index contributed by atoms with van der Waals surface area (Å²) in [6, 6.07) is 13.2. The van der Waals surface area contributed by atoms with Crippen LogP contribution in [0.1, 0.15) is 12.8 Å². The van der Waals surface area contributed by atoms with E-state index in [0.29, 0.717) is 23.0 Å². The lowest BCUT2D eigenvalue weighted by Gasteiger charge is -2.32. The second-order valence-corrected chi connectivity index (χ2v) is 8.23. The van der Waals surface area contributed by atoms with E-state index in [1.165, 1.54) is 0 Å². The number of nitrogens with one attached hydrogen (secondary N) is 1. The predicted molar refractivity (Wildman–Crippen MR) is 117 cm³/mol. The lowest BCUT2D eigenvalue weighted by atomic mass is 9.97. The minimum absolute atomic E-state index is 0.0147. The maximum atomic E-state index is 12.8. The highest BCUT2D eigenvalue weighted by molar-refractivity contribution is 7.13. The normalized spacial score (nSPS) is 16.5. The first-order valence-electron chi connectivity index (χ1n) is 9.41. The summed E-state index contributed by atoms with van der Waals surface area (Å²) in [5.74, 6) is 1.25. The van der Waals surface area contributed by atoms with Crippen LogP contribution in [0.5, 0.6) is 5.75 Å². The Kier molecular flexibility index (Phi) is 5.97. The van der Waals surface area contributed by atoms with Crippen LogP contribution < -0.4 is 15.0 Å². The molecule has 3 aromatic rings. The molecule has 1 fully saturated rings. The number of ether oxygens (including phenoxy) is 1. The van der Waals surface area contributed by atoms with Crippen molar-refractivity contribution in [3.63, 3.8) is 0 Å². The van der Waals surface area contributed by atoms with Gasteiger partial charge in [0.25, 0.3) is 0 Å². The largest absolute Gasteiger partial charge is 0.495 e. The van der Waals surface area contributed by atoms with Crippen molar-refractivity contribution in [2.24, 2.45) is 5.92 Å². The molecule has 3 heterocycles. The first-order valence-corrected chi connectivity index (χ1v) is 10.7. The molecule has 150 valence electrons. The molecule has 2 aromatic heterocycles. The number of hydrogen-bond acceptors (Lipinski definition) is 6. The molecule has 1 aliphatic rings. The number of aromatic nitrogens is 2. The van der Waals surface area contributed by atoms with Gasteiger partial charge < -0.3 is 15.0 Å². The van der Waals surface area contributed by atoms with Crippen LogP contribution in [0.15, 0.2) is 47.8 Å². The number of thiophene rings is 1. The van der Waals surface area contributed by atoms with Gasteiger partial charge in [0.2, 0.25) is 5.91 Å². The smallest absolute Gasteiger partial charge is 0.229 e. The molecule has 1 aliphatic heterocycles. The van der Waals surface area contributed by atoms with Crippen LogP contribution in [0.25, 0.3) is 10.6 Å². The topological polar surface area (TPSA) is 67.3 Å². The molecule has 0 aliphatic carbocycles. The number of rotatable bonds is 5. The van der Waals surface area contributed by atoms with E-state index < -0.39 is 0 Å². The zero-order valence-corrected chi connectivity index (χ0v) is 17.5. The van der Waals surface area contributed by atoms with E-state index in [2.05, 4.69) is 20.4 Å². The maximum absolute atomic E-state index is 12.8. The summed E-state index contributed by atoms with van der Waals surface area (Å²) in [6.45, 7) is 1.48. The third-order valence-corrected chi connectivity index (χ3v) is 6.15. The van der Waals surface area contributed by atoms with E-state index >= 15 is 0 Å². The van der Waals surface area contributed by atoms with Crippen LogP contribution >= 0.6 is 22.9 Å². The SMILES string of the molecule is COc1ccc(NC(=O)C2CCCN(c3ccc(-c4cccs4)nn3)C2)cc1Cl. The van der Waals surface area contributed by atoms with E-state index in [1.807, 2.05) is 29.6 Å². The fraction of sp³-hybridized carbons (Fsp3) is 0.286. The van der Waals surface area contributed by atoms with Gasteiger partial charge in [0.1, 0.15) is 11.4 Å². The number of carbonyl (C=O) groups is 1. The van der Waals surface area contributed by atoms with Gasteiger partial charge in [0, 0.05) is 18.8 Å². The molecule has 4 rings (SSSR count). The minimum Gasteiger partial charge on any atom is -0.495 e. The van der Waals surface area contributed by atoms with Gasteiger partial charge in [-0.15, -0.1) is 21.5 Å². The zero-order valence-electron chi connectivity index (χ0n) is 16.0. The van der Waals surface area contributed by atoms with Crippen LogP contribution in [-0.2, 0) is 4.79 Å². The van der Waals surface area contributed by atoms with E-state index in [0.717, 1.165) is 35.8 Å². The first-order chi connectivity index (χ1) is 14.1. The molecule has 0 saturated carbocycles. The van der Waals surface area contributed by atoms with E-state index in [9.17, 15) is 4.79 Å². The van der Waals surface area contributed by atoms with Gasteiger partial charge in [-0.05, 0) is 54.6 Å². The molecule has 1 N–H and O–H groups in total. The Morgan fingerprint density at radius 3 is 2.86 bits per heavy atom. The van der Waals surface area contributed by atoms with Crippen LogP contribution in [0, 0.1) is 5.92 Å². The van der Waals surface area contributed by atoms with Crippen molar-refractivity contribution in [3.8, 4) is 16.3 Å². The summed E-state index contributed by atoms with van der Waals surface area (Å²) in [5.41, 5.74) is 1.53. The molecular formula is C21H21ClN4O2S. The molecule has 1 atom stereocenters. The minimum atomic E-state index is -0.122. The van der Waals surface area contributed by atoms with Crippen molar-refractivity contribution >= 4 is 40.4 Å². The molecule has 1 amide bonds. The van der Waals surface area contributed by atoms with Gasteiger partial charge >= 0.3 is 0 Å². The molecular weight excluding hydrogens is 408 g/mol. The Hall–Kier alpha value is -2.64. The second kappa shape index (κ2) is 8.80. The van der Waals surface area contributed by atoms with Crippen molar-refractivity contribution < 1.29 is 9.53 Å². The second-order valence-electron chi connectivity index (χ2n) is 6.88. The Morgan fingerprint density at radius 2 is 2.17 bits per heavy atom.